The molecule has 2 saturated heterocycles. The number of benzene rings is 3. The van der Waals surface area contributed by atoms with Crippen molar-refractivity contribution in [2.24, 2.45) is 0 Å². The van der Waals surface area contributed by atoms with E-state index in [0.717, 1.165) is 37.1 Å². The van der Waals surface area contributed by atoms with Crippen molar-refractivity contribution in [1.29, 1.82) is 0 Å². The number of para-hydroxylation sites is 1. The van der Waals surface area contributed by atoms with E-state index in [1.54, 1.807) is 57.4 Å². The molecular weight excluding hydrogens is 605 g/mol. The zero-order valence-corrected chi connectivity index (χ0v) is 27.7. The Morgan fingerprint density at radius 3 is 2.26 bits per heavy atom. The third-order valence-electron chi connectivity index (χ3n) is 9.69. The summed E-state index contributed by atoms with van der Waals surface area (Å²) in [7, 11) is -0.268. The van der Waals surface area contributed by atoms with Gasteiger partial charge in [0, 0.05) is 56.4 Å². The fourth-order valence-corrected chi connectivity index (χ4v) is 8.82. The molecule has 3 heterocycles. The lowest BCUT2D eigenvalue weighted by molar-refractivity contribution is -0.135. The number of hydrogen-bond donors (Lipinski definition) is 1. The van der Waals surface area contributed by atoms with Crippen LogP contribution in [0.5, 0.6) is 5.75 Å². The van der Waals surface area contributed by atoms with Crippen LogP contribution in [0.25, 0.3) is 10.9 Å². The van der Waals surface area contributed by atoms with Gasteiger partial charge in [-0.2, -0.15) is 0 Å². The van der Waals surface area contributed by atoms with E-state index in [4.69, 9.17) is 4.74 Å². The molecule has 1 aromatic heterocycles. The Balaban J connectivity index is 1.22. The molecule has 9 nitrogen and oxygen atoms in total. The van der Waals surface area contributed by atoms with E-state index >= 15 is 0 Å². The number of fused-ring (bicyclic) bond motifs is 1. The zero-order chi connectivity index (χ0) is 32.6. The van der Waals surface area contributed by atoms with E-state index in [2.05, 4.69) is 21.6 Å². The fourth-order valence-electron chi connectivity index (χ4n) is 7.30. The second kappa shape index (κ2) is 12.7. The van der Waals surface area contributed by atoms with Gasteiger partial charge in [0.25, 0.3) is 10.0 Å². The molecule has 2 aliphatic rings. The van der Waals surface area contributed by atoms with Gasteiger partial charge < -0.3 is 19.1 Å². The zero-order valence-electron chi connectivity index (χ0n) is 26.9. The number of carbonyl (C=O) groups is 1. The van der Waals surface area contributed by atoms with E-state index in [1.165, 1.54) is 6.07 Å². The summed E-state index contributed by atoms with van der Waals surface area (Å²) in [5.41, 5.74) is 2.86. The van der Waals surface area contributed by atoms with Crippen molar-refractivity contribution < 1.29 is 22.3 Å². The maximum atomic E-state index is 14.4. The van der Waals surface area contributed by atoms with E-state index < -0.39 is 10.0 Å². The number of likely N-dealkylation sites (N-methyl/N-ethyl adjacent to an activating group) is 1. The topological polar surface area (TPSA) is 87.1 Å². The highest BCUT2D eigenvalue weighted by Gasteiger charge is 2.43. The number of sulfonamides is 1. The Kier molecular flexibility index (Phi) is 8.84. The summed E-state index contributed by atoms with van der Waals surface area (Å²) in [5.74, 6) is 0.314. The second-order valence-corrected chi connectivity index (χ2v) is 14.2. The Labute approximate surface area is 270 Å². The molecular formula is C35H42FN5O4S. The van der Waals surface area contributed by atoms with E-state index in [9.17, 15) is 17.6 Å². The molecule has 1 N–H and O–H groups in total. The van der Waals surface area contributed by atoms with Crippen molar-refractivity contribution in [3.05, 3.63) is 89.4 Å². The third kappa shape index (κ3) is 6.11. The Hall–Kier alpha value is -3.93. The van der Waals surface area contributed by atoms with Crippen LogP contribution >= 0.6 is 0 Å². The minimum Gasteiger partial charge on any atom is -0.497 e. The number of anilines is 1. The number of halogens is 1. The number of likely N-dealkylation sites (tertiary alicyclic amines) is 1. The van der Waals surface area contributed by atoms with Crippen LogP contribution in [0.4, 0.5) is 10.1 Å². The van der Waals surface area contributed by atoms with Crippen LogP contribution in [0.3, 0.4) is 0 Å². The smallest absolute Gasteiger partial charge is 0.262 e. The average molecular weight is 648 g/mol. The summed E-state index contributed by atoms with van der Waals surface area (Å²) in [6, 6.07) is 17.7. The highest BCUT2D eigenvalue weighted by Crippen LogP contribution is 2.40. The first-order valence-electron chi connectivity index (χ1n) is 15.7. The summed E-state index contributed by atoms with van der Waals surface area (Å²) < 4.78 is 51.7. The number of nitrogens with one attached hydrogen (secondary N) is 1. The minimum absolute atomic E-state index is 0.0387. The third-order valence-corrected chi connectivity index (χ3v) is 11.4. The second-order valence-electron chi connectivity index (χ2n) is 12.6. The molecule has 6 rings (SSSR count). The molecule has 0 radical (unpaired) electrons. The van der Waals surface area contributed by atoms with Gasteiger partial charge in [0.05, 0.1) is 23.2 Å². The molecule has 0 aliphatic carbocycles. The maximum absolute atomic E-state index is 14.4. The number of aromatic nitrogens is 1. The first-order chi connectivity index (χ1) is 22.0. The Bertz CT molecular complexity index is 1830. The number of amides is 1. The molecule has 2 aliphatic heterocycles. The molecule has 0 bridgehead atoms. The van der Waals surface area contributed by atoms with Crippen molar-refractivity contribution in [1.82, 2.24) is 19.3 Å². The summed E-state index contributed by atoms with van der Waals surface area (Å²) >= 11 is 0. The lowest BCUT2D eigenvalue weighted by Crippen LogP contribution is -2.59. The standard InChI is InChI=1S/C35H42FN5O4S/c1-25-21-30(45-4)22-26(2)34(25)46(43,44)37-31-10-5-7-27-11-14-40(33(27)31)24-32(42)39-15-12-35(13-16-39,28-8-6-9-29(36)23-28)41-19-17-38(3)18-20-41/h5-11,14,21-23,37H,12-13,15-20,24H2,1-4H3. The van der Waals surface area contributed by atoms with Crippen molar-refractivity contribution in [2.45, 2.75) is 43.7 Å². The van der Waals surface area contributed by atoms with Gasteiger partial charge in [0.1, 0.15) is 18.1 Å². The van der Waals surface area contributed by atoms with E-state index in [-0.39, 0.29) is 28.7 Å². The quantitative estimate of drug-likeness (QED) is 0.291. The molecule has 0 spiro atoms. The number of hydrogen-bond acceptors (Lipinski definition) is 6. The number of piperazine rings is 1. The minimum atomic E-state index is -3.94. The van der Waals surface area contributed by atoms with Crippen LogP contribution in [-0.2, 0) is 26.9 Å². The van der Waals surface area contributed by atoms with Gasteiger partial charge in [-0.05, 0) is 86.8 Å². The molecule has 4 aromatic rings. The van der Waals surface area contributed by atoms with Crippen molar-refractivity contribution in [3.8, 4) is 5.75 Å². The lowest BCUT2D eigenvalue weighted by Gasteiger charge is -2.51. The highest BCUT2D eigenvalue weighted by atomic mass is 32.2. The molecule has 2 fully saturated rings. The van der Waals surface area contributed by atoms with Crippen molar-refractivity contribution in [2.75, 3.05) is 58.1 Å². The van der Waals surface area contributed by atoms with E-state index in [0.29, 0.717) is 54.0 Å². The van der Waals surface area contributed by atoms with E-state index in [1.807, 2.05) is 33.9 Å². The SMILES string of the molecule is COc1cc(C)c(S(=O)(=O)Nc2cccc3ccn(CC(=O)N4CCC(c5cccc(F)c5)(N5CCN(C)CC5)CC4)c23)c(C)c1. The van der Waals surface area contributed by atoms with Gasteiger partial charge in [0.2, 0.25) is 5.91 Å². The summed E-state index contributed by atoms with van der Waals surface area (Å²) in [5, 5.41) is 0.829. The Morgan fingerprint density at radius 2 is 1.61 bits per heavy atom. The monoisotopic (exact) mass is 647 g/mol. The molecule has 46 heavy (non-hydrogen) atoms. The highest BCUT2D eigenvalue weighted by molar-refractivity contribution is 7.92. The summed E-state index contributed by atoms with van der Waals surface area (Å²) in [4.78, 5) is 20.6. The molecule has 0 atom stereocenters. The lowest BCUT2D eigenvalue weighted by atomic mass is 9.78. The van der Waals surface area contributed by atoms with Crippen LogP contribution in [0.2, 0.25) is 0 Å². The largest absolute Gasteiger partial charge is 0.497 e. The van der Waals surface area contributed by atoms with Gasteiger partial charge in [-0.1, -0.05) is 24.3 Å². The predicted octanol–water partition coefficient (Wildman–Crippen LogP) is 4.97. The molecule has 11 heteroatoms. The summed E-state index contributed by atoms with van der Waals surface area (Å²) in [6.45, 7) is 8.36. The molecule has 0 saturated carbocycles. The van der Waals surface area contributed by atoms with Crippen molar-refractivity contribution in [3.63, 3.8) is 0 Å². The fraction of sp³-hybridized carbons (Fsp3) is 0.400. The summed E-state index contributed by atoms with van der Waals surface area (Å²) in [6.07, 6.45) is 3.25. The number of carbonyl (C=O) groups excluding carboxylic acids is 1. The molecule has 0 unspecified atom stereocenters. The van der Waals surface area contributed by atoms with Gasteiger partial charge in [0.15, 0.2) is 0 Å². The number of ether oxygens (including phenoxy) is 1. The van der Waals surface area contributed by atoms with Crippen LogP contribution in [0.1, 0.15) is 29.5 Å². The number of rotatable bonds is 8. The first-order valence-corrected chi connectivity index (χ1v) is 17.2. The average Bonchev–Trinajstić information content (AvgIpc) is 3.44. The number of piperidine rings is 1. The predicted molar refractivity (Wildman–Crippen MR) is 178 cm³/mol. The van der Waals surface area contributed by atoms with Crippen LogP contribution < -0.4 is 9.46 Å². The van der Waals surface area contributed by atoms with Gasteiger partial charge in [-0.15, -0.1) is 0 Å². The Morgan fingerprint density at radius 1 is 0.935 bits per heavy atom. The normalized spacial score (nSPS) is 17.7. The first kappa shape index (κ1) is 32.0. The van der Waals surface area contributed by atoms with Crippen LogP contribution in [0, 0.1) is 19.7 Å². The number of aryl methyl sites for hydroxylation is 2. The van der Waals surface area contributed by atoms with Crippen LogP contribution in [0.15, 0.2) is 71.8 Å². The molecule has 244 valence electrons. The van der Waals surface area contributed by atoms with Crippen LogP contribution in [-0.4, -0.2) is 87.0 Å². The molecule has 1 amide bonds. The number of methoxy groups -OCH3 is 1. The van der Waals surface area contributed by atoms with Gasteiger partial charge >= 0.3 is 0 Å². The molecule has 3 aromatic carbocycles. The maximum Gasteiger partial charge on any atom is 0.262 e. The van der Waals surface area contributed by atoms with Gasteiger partial charge in [-0.3, -0.25) is 14.4 Å². The number of nitrogens with zero attached hydrogens (tertiary/aromatic N) is 4. The van der Waals surface area contributed by atoms with Crippen molar-refractivity contribution >= 4 is 32.5 Å². The van der Waals surface area contributed by atoms with Gasteiger partial charge in [-0.25, -0.2) is 12.8 Å².